The van der Waals surface area contributed by atoms with Crippen LogP contribution in [0.3, 0.4) is 0 Å². The molecule has 3 aliphatic rings. The average molecular weight is 422 g/mol. The van der Waals surface area contributed by atoms with Crippen LogP contribution in [0, 0.1) is 5.92 Å². The molecule has 8 nitrogen and oxygen atoms in total. The lowest BCUT2D eigenvalue weighted by Gasteiger charge is -2.24. The minimum absolute atomic E-state index is 0.00813. The van der Waals surface area contributed by atoms with Gasteiger partial charge in [0.25, 0.3) is 0 Å². The highest BCUT2D eigenvalue weighted by molar-refractivity contribution is 7.89. The Morgan fingerprint density at radius 2 is 1.90 bits per heavy atom. The topological polar surface area (TPSA) is 105 Å². The lowest BCUT2D eigenvalue weighted by atomic mass is 10.1. The van der Waals surface area contributed by atoms with Gasteiger partial charge in [0, 0.05) is 25.0 Å². The standard InChI is InChI=1S/C20H27N3O5S/c1-28-18-9-8-16(29(26,27)22-14-6-7-14)11-17(18)21-20(25)13-10-19(24)23(12-13)15-4-2-3-5-15/h8-9,11,13-15,22H,2-7,10,12H2,1H3,(H,21,25). The molecule has 2 amide bonds. The molecular formula is C20H27N3O5S. The van der Waals surface area contributed by atoms with Crippen LogP contribution in [0.4, 0.5) is 5.69 Å². The molecule has 1 aromatic carbocycles. The number of methoxy groups -OCH3 is 1. The van der Waals surface area contributed by atoms with E-state index in [-0.39, 0.29) is 35.2 Å². The van der Waals surface area contributed by atoms with Crippen molar-refractivity contribution in [3.63, 3.8) is 0 Å². The molecule has 3 fully saturated rings. The Hall–Kier alpha value is -2.13. The van der Waals surface area contributed by atoms with E-state index in [0.29, 0.717) is 18.0 Å². The number of likely N-dealkylation sites (tertiary alicyclic amines) is 1. The molecule has 4 rings (SSSR count). The molecule has 0 spiro atoms. The van der Waals surface area contributed by atoms with Gasteiger partial charge in [0.1, 0.15) is 5.75 Å². The van der Waals surface area contributed by atoms with Gasteiger partial charge in [-0.1, -0.05) is 12.8 Å². The van der Waals surface area contributed by atoms with Gasteiger partial charge < -0.3 is 15.0 Å². The summed E-state index contributed by atoms with van der Waals surface area (Å²) in [6, 6.07) is 4.64. The molecule has 1 unspecified atom stereocenters. The molecule has 2 N–H and O–H groups in total. The Kier molecular flexibility index (Phi) is 5.52. The first-order valence-corrected chi connectivity index (χ1v) is 11.7. The second-order valence-corrected chi connectivity index (χ2v) is 9.85. The predicted octanol–water partition coefficient (Wildman–Crippen LogP) is 1.87. The van der Waals surface area contributed by atoms with Crippen molar-refractivity contribution >= 4 is 27.5 Å². The number of sulfonamides is 1. The molecule has 0 aromatic heterocycles. The third-order valence-corrected chi connectivity index (χ3v) is 7.45. The van der Waals surface area contributed by atoms with Crippen LogP contribution in [0.5, 0.6) is 5.75 Å². The smallest absolute Gasteiger partial charge is 0.240 e. The number of ether oxygens (including phenoxy) is 1. The molecule has 1 atom stereocenters. The first-order valence-electron chi connectivity index (χ1n) is 10.2. The summed E-state index contributed by atoms with van der Waals surface area (Å²) in [6.45, 7) is 0.416. The molecule has 0 bridgehead atoms. The molecule has 158 valence electrons. The fourth-order valence-corrected chi connectivity index (χ4v) is 5.48. The highest BCUT2D eigenvalue weighted by atomic mass is 32.2. The maximum Gasteiger partial charge on any atom is 0.240 e. The van der Waals surface area contributed by atoms with Crippen molar-refractivity contribution in [1.29, 1.82) is 0 Å². The molecule has 1 aliphatic heterocycles. The van der Waals surface area contributed by atoms with Gasteiger partial charge in [0.05, 0.1) is 23.6 Å². The van der Waals surface area contributed by atoms with Crippen molar-refractivity contribution in [3.05, 3.63) is 18.2 Å². The zero-order chi connectivity index (χ0) is 20.6. The highest BCUT2D eigenvalue weighted by Crippen LogP contribution is 2.32. The number of nitrogens with one attached hydrogen (secondary N) is 2. The number of amides is 2. The van der Waals surface area contributed by atoms with E-state index in [1.54, 1.807) is 0 Å². The number of carbonyl (C=O) groups excluding carboxylic acids is 2. The Balaban J connectivity index is 1.48. The molecule has 2 aliphatic carbocycles. The minimum atomic E-state index is -3.65. The Bertz CT molecular complexity index is 907. The van der Waals surface area contributed by atoms with Gasteiger partial charge in [-0.3, -0.25) is 9.59 Å². The van der Waals surface area contributed by atoms with Crippen LogP contribution in [0.25, 0.3) is 0 Å². The SMILES string of the molecule is COc1ccc(S(=O)(=O)NC2CC2)cc1NC(=O)C1CC(=O)N(C2CCCC2)C1. The van der Waals surface area contributed by atoms with E-state index in [1.807, 2.05) is 4.90 Å². The van der Waals surface area contributed by atoms with Crippen molar-refractivity contribution in [2.75, 3.05) is 19.0 Å². The summed E-state index contributed by atoms with van der Waals surface area (Å²) in [6.07, 6.45) is 6.12. The summed E-state index contributed by atoms with van der Waals surface area (Å²) in [5.74, 6) is -0.339. The number of benzene rings is 1. The summed E-state index contributed by atoms with van der Waals surface area (Å²) in [5.41, 5.74) is 0.294. The quantitative estimate of drug-likeness (QED) is 0.699. The maximum atomic E-state index is 12.8. The predicted molar refractivity (Wildman–Crippen MR) is 107 cm³/mol. The second-order valence-electron chi connectivity index (χ2n) is 8.13. The van der Waals surface area contributed by atoms with Gasteiger partial charge >= 0.3 is 0 Å². The maximum absolute atomic E-state index is 12.8. The molecule has 9 heteroatoms. The van der Waals surface area contributed by atoms with Crippen molar-refractivity contribution < 1.29 is 22.7 Å². The lowest BCUT2D eigenvalue weighted by molar-refractivity contribution is -0.129. The number of nitrogens with zero attached hydrogens (tertiary/aromatic N) is 1. The monoisotopic (exact) mass is 421 g/mol. The van der Waals surface area contributed by atoms with Crippen LogP contribution in [0.15, 0.2) is 23.1 Å². The van der Waals surface area contributed by atoms with E-state index in [1.165, 1.54) is 25.3 Å². The normalized spacial score (nSPS) is 22.9. The summed E-state index contributed by atoms with van der Waals surface area (Å²) < 4.78 is 32.9. The summed E-state index contributed by atoms with van der Waals surface area (Å²) >= 11 is 0. The van der Waals surface area contributed by atoms with E-state index < -0.39 is 15.9 Å². The number of anilines is 1. The number of hydrogen-bond acceptors (Lipinski definition) is 5. The zero-order valence-electron chi connectivity index (χ0n) is 16.5. The van der Waals surface area contributed by atoms with Crippen LogP contribution in [0.1, 0.15) is 44.9 Å². The van der Waals surface area contributed by atoms with E-state index in [9.17, 15) is 18.0 Å². The number of carbonyl (C=O) groups is 2. The van der Waals surface area contributed by atoms with Crippen molar-refractivity contribution in [2.45, 2.75) is 61.9 Å². The van der Waals surface area contributed by atoms with E-state index >= 15 is 0 Å². The van der Waals surface area contributed by atoms with Crippen LogP contribution >= 0.6 is 0 Å². The second kappa shape index (κ2) is 7.95. The largest absolute Gasteiger partial charge is 0.495 e. The third-order valence-electron chi connectivity index (χ3n) is 5.93. The zero-order valence-corrected chi connectivity index (χ0v) is 17.3. The first kappa shape index (κ1) is 20.2. The third kappa shape index (κ3) is 4.40. The summed E-state index contributed by atoms with van der Waals surface area (Å²) in [4.78, 5) is 27.1. The fourth-order valence-electron chi connectivity index (χ4n) is 4.15. The van der Waals surface area contributed by atoms with Gasteiger partial charge in [-0.2, -0.15) is 0 Å². The Labute approximate surface area is 171 Å². The van der Waals surface area contributed by atoms with Gasteiger partial charge in [0.2, 0.25) is 21.8 Å². The summed E-state index contributed by atoms with van der Waals surface area (Å²) in [7, 11) is -2.19. The van der Waals surface area contributed by atoms with Crippen molar-refractivity contribution in [3.8, 4) is 5.75 Å². The molecule has 1 aromatic rings. The van der Waals surface area contributed by atoms with Gasteiger partial charge in [-0.15, -0.1) is 0 Å². The molecule has 2 saturated carbocycles. The number of hydrogen-bond donors (Lipinski definition) is 2. The van der Waals surface area contributed by atoms with Crippen LogP contribution in [-0.4, -0.2) is 50.9 Å². The Morgan fingerprint density at radius 3 is 2.55 bits per heavy atom. The highest BCUT2D eigenvalue weighted by Gasteiger charge is 2.39. The number of rotatable bonds is 7. The summed E-state index contributed by atoms with van der Waals surface area (Å²) in [5, 5.41) is 2.78. The fraction of sp³-hybridized carbons (Fsp3) is 0.600. The van der Waals surface area contributed by atoms with Gasteiger partial charge in [-0.25, -0.2) is 13.1 Å². The molecular weight excluding hydrogens is 394 g/mol. The van der Waals surface area contributed by atoms with Crippen LogP contribution in [0.2, 0.25) is 0 Å². The molecule has 0 radical (unpaired) electrons. The minimum Gasteiger partial charge on any atom is -0.495 e. The van der Waals surface area contributed by atoms with Gasteiger partial charge in [0.15, 0.2) is 0 Å². The van der Waals surface area contributed by atoms with Crippen molar-refractivity contribution in [2.24, 2.45) is 5.92 Å². The lowest BCUT2D eigenvalue weighted by Crippen LogP contribution is -2.35. The van der Waals surface area contributed by atoms with E-state index in [2.05, 4.69) is 10.0 Å². The van der Waals surface area contributed by atoms with E-state index in [0.717, 1.165) is 38.5 Å². The average Bonchev–Trinajstić information content (AvgIpc) is 3.17. The molecule has 29 heavy (non-hydrogen) atoms. The van der Waals surface area contributed by atoms with E-state index in [4.69, 9.17) is 4.74 Å². The van der Waals surface area contributed by atoms with Crippen LogP contribution in [-0.2, 0) is 19.6 Å². The molecule has 1 saturated heterocycles. The van der Waals surface area contributed by atoms with Gasteiger partial charge in [-0.05, 0) is 43.9 Å². The first-order chi connectivity index (χ1) is 13.9. The molecule has 1 heterocycles. The van der Waals surface area contributed by atoms with Crippen molar-refractivity contribution in [1.82, 2.24) is 9.62 Å². The Morgan fingerprint density at radius 1 is 1.17 bits per heavy atom. The van der Waals surface area contributed by atoms with Crippen LogP contribution < -0.4 is 14.8 Å².